The van der Waals surface area contributed by atoms with Crippen LogP contribution in [0.1, 0.15) is 51.4 Å². The molecular formula is C18H25N3O3. The van der Waals surface area contributed by atoms with Gasteiger partial charge in [0.05, 0.1) is 12.5 Å². The zero-order chi connectivity index (χ0) is 17.2. The van der Waals surface area contributed by atoms with Crippen LogP contribution in [-0.2, 0) is 14.3 Å². The highest BCUT2D eigenvalue weighted by molar-refractivity contribution is 5.81. The number of esters is 1. The second kappa shape index (κ2) is 6.54. The Balaban J connectivity index is 1.50. The van der Waals surface area contributed by atoms with Gasteiger partial charge in [-0.3, -0.25) is 9.59 Å². The Labute approximate surface area is 142 Å². The van der Waals surface area contributed by atoms with Gasteiger partial charge in [-0.1, -0.05) is 6.42 Å². The third-order valence-electron chi connectivity index (χ3n) is 5.97. The van der Waals surface area contributed by atoms with Crippen molar-refractivity contribution in [3.05, 3.63) is 0 Å². The highest BCUT2D eigenvalue weighted by atomic mass is 16.5. The van der Waals surface area contributed by atoms with E-state index in [-0.39, 0.29) is 11.9 Å². The average molecular weight is 331 g/mol. The van der Waals surface area contributed by atoms with Gasteiger partial charge < -0.3 is 10.1 Å². The molecule has 3 unspecified atom stereocenters. The first kappa shape index (κ1) is 16.9. The Bertz CT molecular complexity index is 589. The Morgan fingerprint density at radius 1 is 1.33 bits per heavy atom. The summed E-state index contributed by atoms with van der Waals surface area (Å²) in [6, 6.07) is 0. The predicted octanol–water partition coefficient (Wildman–Crippen LogP) is 2.44. The quantitative estimate of drug-likeness (QED) is 0.548. The minimum atomic E-state index is -0.525. The molecule has 130 valence electrons. The molecule has 6 heteroatoms. The molecule has 3 aliphatic rings. The molecule has 1 amide bonds. The lowest BCUT2D eigenvalue weighted by molar-refractivity contribution is -0.156. The molecule has 6 nitrogen and oxygen atoms in total. The second-order valence-electron chi connectivity index (χ2n) is 7.39. The van der Waals surface area contributed by atoms with Gasteiger partial charge >= 0.3 is 5.97 Å². The Morgan fingerprint density at radius 3 is 2.67 bits per heavy atom. The van der Waals surface area contributed by atoms with Crippen molar-refractivity contribution in [2.24, 2.45) is 27.5 Å². The van der Waals surface area contributed by atoms with Crippen LogP contribution < -0.4 is 5.32 Å². The summed E-state index contributed by atoms with van der Waals surface area (Å²) in [5.74, 6) is 3.29. The minimum absolute atomic E-state index is 0.0570. The number of ether oxygens (including phenoxy) is 1. The zero-order valence-corrected chi connectivity index (χ0v) is 14.2. The van der Waals surface area contributed by atoms with Crippen molar-refractivity contribution in [2.75, 3.05) is 13.7 Å². The number of hydrogen-bond donors (Lipinski definition) is 1. The molecule has 24 heavy (non-hydrogen) atoms. The molecule has 2 aliphatic carbocycles. The molecule has 1 N–H and O–H groups in total. The number of carbonyl (C=O) groups is 2. The number of hydrogen-bond acceptors (Lipinski definition) is 5. The summed E-state index contributed by atoms with van der Waals surface area (Å²) in [6.07, 6.45) is 11.7. The van der Waals surface area contributed by atoms with Crippen molar-refractivity contribution in [1.29, 1.82) is 0 Å². The summed E-state index contributed by atoms with van der Waals surface area (Å²) < 4.78 is 5.05. The predicted molar refractivity (Wildman–Crippen MR) is 87.8 cm³/mol. The van der Waals surface area contributed by atoms with Gasteiger partial charge in [0.25, 0.3) is 0 Å². The van der Waals surface area contributed by atoms with Crippen molar-refractivity contribution < 1.29 is 14.3 Å². The van der Waals surface area contributed by atoms with Crippen molar-refractivity contribution in [2.45, 2.75) is 57.0 Å². The maximum atomic E-state index is 12.4. The Morgan fingerprint density at radius 2 is 2.12 bits per heavy atom. The van der Waals surface area contributed by atoms with Crippen molar-refractivity contribution in [3.8, 4) is 12.3 Å². The normalized spacial score (nSPS) is 31.5. The third kappa shape index (κ3) is 3.17. The number of terminal acetylenes is 1. The van der Waals surface area contributed by atoms with Gasteiger partial charge in [0, 0.05) is 32.2 Å². The Kier molecular flexibility index (Phi) is 4.62. The largest absolute Gasteiger partial charge is 0.469 e. The van der Waals surface area contributed by atoms with Crippen molar-refractivity contribution in [3.63, 3.8) is 0 Å². The van der Waals surface area contributed by atoms with Gasteiger partial charge in [-0.25, -0.2) is 0 Å². The first-order valence-electron chi connectivity index (χ1n) is 8.76. The SMILES string of the molecule is C#CCCC1(CCC(=O)NCC2(C(=O)OC)CC3CCC2C3)N=N1. The highest BCUT2D eigenvalue weighted by Crippen LogP contribution is 2.56. The van der Waals surface area contributed by atoms with Crippen LogP contribution in [0.15, 0.2) is 10.2 Å². The smallest absolute Gasteiger partial charge is 0.313 e. The maximum Gasteiger partial charge on any atom is 0.313 e. The summed E-state index contributed by atoms with van der Waals surface area (Å²) >= 11 is 0. The van der Waals surface area contributed by atoms with Crippen LogP contribution in [0.4, 0.5) is 0 Å². The minimum Gasteiger partial charge on any atom is -0.469 e. The molecule has 0 radical (unpaired) electrons. The summed E-state index contributed by atoms with van der Waals surface area (Å²) in [5, 5.41) is 11.0. The van der Waals surface area contributed by atoms with E-state index in [4.69, 9.17) is 11.2 Å². The van der Waals surface area contributed by atoms with Crippen LogP contribution in [0.2, 0.25) is 0 Å². The van der Waals surface area contributed by atoms with E-state index in [2.05, 4.69) is 21.5 Å². The van der Waals surface area contributed by atoms with Crippen LogP contribution in [0.25, 0.3) is 0 Å². The van der Waals surface area contributed by atoms with E-state index in [1.165, 1.54) is 13.5 Å². The van der Waals surface area contributed by atoms with E-state index in [1.54, 1.807) is 0 Å². The summed E-state index contributed by atoms with van der Waals surface area (Å²) in [6.45, 7) is 0.380. The zero-order valence-electron chi connectivity index (χ0n) is 14.2. The number of carbonyl (C=O) groups excluding carboxylic acids is 2. The molecule has 2 bridgehead atoms. The number of nitrogens with one attached hydrogen (secondary N) is 1. The monoisotopic (exact) mass is 331 g/mol. The highest BCUT2D eigenvalue weighted by Gasteiger charge is 2.56. The molecule has 0 aromatic heterocycles. The molecule has 0 aromatic carbocycles. The lowest BCUT2D eigenvalue weighted by Crippen LogP contribution is -2.47. The number of nitrogens with zero attached hydrogens (tertiary/aromatic N) is 2. The van der Waals surface area contributed by atoms with Crippen LogP contribution in [0.5, 0.6) is 0 Å². The van der Waals surface area contributed by atoms with Crippen molar-refractivity contribution >= 4 is 11.9 Å². The number of rotatable bonds is 8. The maximum absolute atomic E-state index is 12.4. The molecule has 2 saturated carbocycles. The number of methoxy groups -OCH3 is 1. The fourth-order valence-electron chi connectivity index (χ4n) is 4.51. The molecule has 0 spiro atoms. The standard InChI is InChI=1S/C18H25N3O3/c1-3-4-8-18(20-21-18)9-7-15(22)19-12-17(16(23)24-2)11-13-5-6-14(17)10-13/h1,13-14H,4-12H2,2H3,(H,19,22). The molecule has 3 rings (SSSR count). The van der Waals surface area contributed by atoms with Crippen LogP contribution in [-0.4, -0.2) is 31.2 Å². The van der Waals surface area contributed by atoms with E-state index < -0.39 is 11.1 Å². The fourth-order valence-corrected chi connectivity index (χ4v) is 4.51. The molecule has 0 saturated heterocycles. The summed E-state index contributed by atoms with van der Waals surface area (Å²) in [5.41, 5.74) is -0.959. The van der Waals surface area contributed by atoms with E-state index in [9.17, 15) is 9.59 Å². The molecular weight excluding hydrogens is 306 g/mol. The topological polar surface area (TPSA) is 80.1 Å². The van der Waals surface area contributed by atoms with Crippen LogP contribution >= 0.6 is 0 Å². The first-order valence-corrected chi connectivity index (χ1v) is 8.76. The first-order chi connectivity index (χ1) is 11.5. The fraction of sp³-hybridized carbons (Fsp3) is 0.778. The number of fused-ring (bicyclic) bond motifs is 2. The average Bonchev–Trinajstić information content (AvgIpc) is 3.07. The van der Waals surface area contributed by atoms with Gasteiger partial charge in [0.2, 0.25) is 5.91 Å². The molecule has 2 fully saturated rings. The van der Waals surface area contributed by atoms with E-state index in [0.717, 1.165) is 19.3 Å². The van der Waals surface area contributed by atoms with E-state index in [0.29, 0.717) is 44.1 Å². The summed E-state index contributed by atoms with van der Waals surface area (Å²) in [7, 11) is 1.43. The van der Waals surface area contributed by atoms with Crippen LogP contribution in [0.3, 0.4) is 0 Å². The molecule has 3 atom stereocenters. The second-order valence-corrected chi connectivity index (χ2v) is 7.39. The molecule has 0 aromatic rings. The van der Waals surface area contributed by atoms with Gasteiger partial charge in [-0.05, 0) is 31.1 Å². The van der Waals surface area contributed by atoms with E-state index >= 15 is 0 Å². The van der Waals surface area contributed by atoms with Gasteiger partial charge in [0.1, 0.15) is 0 Å². The van der Waals surface area contributed by atoms with E-state index in [1.807, 2.05) is 0 Å². The van der Waals surface area contributed by atoms with Gasteiger partial charge in [0.15, 0.2) is 5.66 Å². The van der Waals surface area contributed by atoms with Crippen molar-refractivity contribution in [1.82, 2.24) is 5.32 Å². The lowest BCUT2D eigenvalue weighted by Gasteiger charge is -2.35. The number of amides is 1. The third-order valence-corrected chi connectivity index (χ3v) is 5.97. The van der Waals surface area contributed by atoms with Gasteiger partial charge in [-0.2, -0.15) is 10.2 Å². The van der Waals surface area contributed by atoms with Crippen LogP contribution in [0, 0.1) is 29.6 Å². The lowest BCUT2D eigenvalue weighted by atomic mass is 9.73. The molecule has 1 aliphatic heterocycles. The van der Waals surface area contributed by atoms with Gasteiger partial charge in [-0.15, -0.1) is 12.3 Å². The molecule has 1 heterocycles. The Hall–Kier alpha value is -1.90. The summed E-state index contributed by atoms with van der Waals surface area (Å²) in [4.78, 5) is 24.6.